The van der Waals surface area contributed by atoms with E-state index >= 15 is 0 Å². The van der Waals surface area contributed by atoms with E-state index in [1.807, 2.05) is 0 Å². The molecule has 12 nitrogen and oxygen atoms in total. The molecular formula is C14H19N5O7S. The van der Waals surface area contributed by atoms with E-state index in [9.17, 15) is 18.0 Å². The SMILES string of the molecule is NC(CONC(=O)[C@@H]1CC[C@@H]2CN1C(=O)N2OS(=O)(=O)O)c1ccccn1. The first-order chi connectivity index (χ1) is 12.8. The third-order valence-electron chi connectivity index (χ3n) is 4.30. The molecule has 0 saturated carbocycles. The maximum atomic E-state index is 12.3. The summed E-state index contributed by atoms with van der Waals surface area (Å²) in [5, 5.41) is 0.570. The number of pyridine rings is 1. The van der Waals surface area contributed by atoms with Gasteiger partial charge in [0, 0.05) is 12.7 Å². The van der Waals surface area contributed by atoms with Crippen molar-refractivity contribution >= 4 is 22.3 Å². The zero-order valence-electron chi connectivity index (χ0n) is 14.1. The standard InChI is InChI=1S/C14H19N5O7S/c15-10(11-3-1-2-6-16-11)8-25-17-13(20)12-5-4-9-7-18(12)14(21)19(9)26-27(22,23)24/h1-3,6,9-10,12H,4-5,7-8,15H2,(H,17,20)(H,22,23,24)/t9-,10?,12+/m1/s1. The number of aromatic nitrogens is 1. The number of urea groups is 1. The number of nitrogens with one attached hydrogen (secondary N) is 1. The Morgan fingerprint density at radius 2 is 2.22 bits per heavy atom. The van der Waals surface area contributed by atoms with Gasteiger partial charge in [-0.15, -0.1) is 4.28 Å². The number of hydrogen-bond acceptors (Lipinski definition) is 8. The van der Waals surface area contributed by atoms with Crippen LogP contribution in [0.5, 0.6) is 0 Å². The van der Waals surface area contributed by atoms with Crippen LogP contribution < -0.4 is 11.2 Å². The fourth-order valence-corrected chi connectivity index (χ4v) is 3.44. The first-order valence-electron chi connectivity index (χ1n) is 8.11. The Balaban J connectivity index is 1.53. The molecule has 0 radical (unpaired) electrons. The number of nitrogens with zero attached hydrogens (tertiary/aromatic N) is 3. The summed E-state index contributed by atoms with van der Waals surface area (Å²) in [4.78, 5) is 35.0. The van der Waals surface area contributed by atoms with Gasteiger partial charge in [0.25, 0.3) is 5.91 Å². The van der Waals surface area contributed by atoms with E-state index in [1.54, 1.807) is 24.4 Å². The number of fused-ring (bicyclic) bond motifs is 2. The molecule has 2 fully saturated rings. The molecule has 3 atom stereocenters. The zero-order valence-corrected chi connectivity index (χ0v) is 14.9. The number of carbonyl (C=O) groups excluding carboxylic acids is 2. The van der Waals surface area contributed by atoms with Crippen LogP contribution in [0.3, 0.4) is 0 Å². The van der Waals surface area contributed by atoms with Crippen LogP contribution in [0, 0.1) is 0 Å². The highest BCUT2D eigenvalue weighted by Crippen LogP contribution is 2.30. The fourth-order valence-electron chi connectivity index (χ4n) is 3.06. The lowest BCUT2D eigenvalue weighted by atomic mass is 10.0. The summed E-state index contributed by atoms with van der Waals surface area (Å²) in [7, 11) is -4.83. The third-order valence-corrected chi connectivity index (χ3v) is 4.65. The second-order valence-corrected chi connectivity index (χ2v) is 7.15. The Bertz CT molecular complexity index is 805. The van der Waals surface area contributed by atoms with Gasteiger partial charge in [-0.3, -0.25) is 19.2 Å². The molecule has 13 heteroatoms. The first-order valence-corrected chi connectivity index (χ1v) is 9.48. The van der Waals surface area contributed by atoms with Crippen LogP contribution in [0.1, 0.15) is 24.6 Å². The van der Waals surface area contributed by atoms with Crippen molar-refractivity contribution in [3.63, 3.8) is 0 Å². The summed E-state index contributed by atoms with van der Waals surface area (Å²) >= 11 is 0. The van der Waals surface area contributed by atoms with Gasteiger partial charge < -0.3 is 10.6 Å². The molecule has 1 aromatic rings. The average Bonchev–Trinajstić information content (AvgIpc) is 2.86. The van der Waals surface area contributed by atoms with Crippen molar-refractivity contribution in [1.82, 2.24) is 20.4 Å². The molecule has 0 aliphatic carbocycles. The van der Waals surface area contributed by atoms with Gasteiger partial charge in [-0.05, 0) is 25.0 Å². The molecule has 2 aliphatic rings. The smallest absolute Gasteiger partial charge is 0.321 e. The quantitative estimate of drug-likeness (QED) is 0.389. The van der Waals surface area contributed by atoms with Crippen molar-refractivity contribution in [2.45, 2.75) is 31.0 Å². The summed E-state index contributed by atoms with van der Waals surface area (Å²) in [6, 6.07) is 2.46. The molecule has 2 bridgehead atoms. The van der Waals surface area contributed by atoms with Crippen LogP contribution >= 0.6 is 0 Å². The highest BCUT2D eigenvalue weighted by atomic mass is 32.3. The Kier molecular flexibility index (Phi) is 5.57. The molecule has 2 aliphatic heterocycles. The Morgan fingerprint density at radius 1 is 1.44 bits per heavy atom. The topological polar surface area (TPSA) is 164 Å². The van der Waals surface area contributed by atoms with Gasteiger partial charge in [0.15, 0.2) is 0 Å². The molecule has 4 N–H and O–H groups in total. The van der Waals surface area contributed by atoms with Gasteiger partial charge in [0.1, 0.15) is 6.04 Å². The van der Waals surface area contributed by atoms with Crippen molar-refractivity contribution in [2.24, 2.45) is 5.73 Å². The molecule has 0 spiro atoms. The number of nitrogens with two attached hydrogens (primary N) is 1. The summed E-state index contributed by atoms with van der Waals surface area (Å²) < 4.78 is 34.8. The van der Waals surface area contributed by atoms with Gasteiger partial charge in [0.2, 0.25) is 0 Å². The minimum absolute atomic E-state index is 0.0238. The normalized spacial score (nSPS) is 23.4. The van der Waals surface area contributed by atoms with Crippen LogP contribution in [0.2, 0.25) is 0 Å². The molecule has 27 heavy (non-hydrogen) atoms. The number of hydroxylamine groups is 3. The van der Waals surface area contributed by atoms with Crippen LogP contribution in [0.4, 0.5) is 4.79 Å². The molecule has 148 valence electrons. The minimum Gasteiger partial charge on any atom is -0.321 e. The van der Waals surface area contributed by atoms with Gasteiger partial charge in [-0.25, -0.2) is 10.3 Å². The number of rotatable bonds is 7. The minimum atomic E-state index is -4.83. The van der Waals surface area contributed by atoms with Crippen LogP contribution in [-0.2, 0) is 24.3 Å². The lowest BCUT2D eigenvalue weighted by molar-refractivity contribution is -0.139. The monoisotopic (exact) mass is 401 g/mol. The second-order valence-electron chi connectivity index (χ2n) is 6.15. The first kappa shape index (κ1) is 19.4. The van der Waals surface area contributed by atoms with Crippen LogP contribution in [-0.4, -0.2) is 65.1 Å². The van der Waals surface area contributed by atoms with E-state index in [-0.39, 0.29) is 19.6 Å². The Morgan fingerprint density at radius 3 is 2.89 bits per heavy atom. The Hall–Kier alpha value is -2.32. The highest BCUT2D eigenvalue weighted by Gasteiger charge is 2.49. The van der Waals surface area contributed by atoms with Crippen molar-refractivity contribution in [2.75, 3.05) is 13.2 Å². The number of piperidine rings is 1. The van der Waals surface area contributed by atoms with Crippen LogP contribution in [0.25, 0.3) is 0 Å². The second kappa shape index (κ2) is 7.74. The van der Waals surface area contributed by atoms with Gasteiger partial charge in [-0.1, -0.05) is 6.07 Å². The zero-order chi connectivity index (χ0) is 19.6. The summed E-state index contributed by atoms with van der Waals surface area (Å²) in [6.07, 6.45) is 2.19. The summed E-state index contributed by atoms with van der Waals surface area (Å²) in [5.41, 5.74) is 8.76. The number of hydrogen-bond donors (Lipinski definition) is 3. The maximum Gasteiger partial charge on any atom is 0.418 e. The predicted molar refractivity (Wildman–Crippen MR) is 88.6 cm³/mol. The molecule has 3 rings (SSSR count). The Labute approximate surface area is 155 Å². The number of carbonyl (C=O) groups is 2. The fraction of sp³-hybridized carbons (Fsp3) is 0.500. The van der Waals surface area contributed by atoms with Crippen molar-refractivity contribution in [1.29, 1.82) is 0 Å². The van der Waals surface area contributed by atoms with E-state index in [0.29, 0.717) is 17.2 Å². The highest BCUT2D eigenvalue weighted by molar-refractivity contribution is 7.80. The molecule has 1 aromatic heterocycles. The third kappa shape index (κ3) is 4.51. The molecular weight excluding hydrogens is 382 g/mol. The lowest BCUT2D eigenvalue weighted by Crippen LogP contribution is -2.50. The van der Waals surface area contributed by atoms with E-state index in [1.165, 1.54) is 0 Å². The molecule has 3 heterocycles. The summed E-state index contributed by atoms with van der Waals surface area (Å²) in [6.45, 7) is 0.0733. The average molecular weight is 401 g/mol. The van der Waals surface area contributed by atoms with E-state index in [0.717, 1.165) is 4.90 Å². The largest absolute Gasteiger partial charge is 0.418 e. The molecule has 0 aromatic carbocycles. The maximum absolute atomic E-state index is 12.3. The van der Waals surface area contributed by atoms with E-state index < -0.39 is 40.5 Å². The molecule has 2 saturated heterocycles. The predicted octanol–water partition coefficient (Wildman–Crippen LogP) is -0.868. The van der Waals surface area contributed by atoms with E-state index in [2.05, 4.69) is 14.7 Å². The number of amides is 3. The molecule has 3 amide bonds. The van der Waals surface area contributed by atoms with Gasteiger partial charge in [0.05, 0.1) is 24.4 Å². The van der Waals surface area contributed by atoms with Gasteiger partial charge >= 0.3 is 16.4 Å². The van der Waals surface area contributed by atoms with Crippen molar-refractivity contribution in [3.8, 4) is 0 Å². The summed E-state index contributed by atoms with van der Waals surface area (Å²) in [5.74, 6) is -0.566. The van der Waals surface area contributed by atoms with Crippen LogP contribution in [0.15, 0.2) is 24.4 Å². The molecule has 1 unspecified atom stereocenters. The van der Waals surface area contributed by atoms with Gasteiger partial charge in [-0.2, -0.15) is 13.5 Å². The van der Waals surface area contributed by atoms with E-state index in [4.69, 9.17) is 15.1 Å². The van der Waals surface area contributed by atoms with Crippen molar-refractivity contribution in [3.05, 3.63) is 30.1 Å². The van der Waals surface area contributed by atoms with Crippen molar-refractivity contribution < 1.29 is 31.7 Å². The lowest BCUT2D eigenvalue weighted by Gasteiger charge is -2.29.